The number of rotatable bonds is 3. The van der Waals surface area contributed by atoms with Gasteiger partial charge in [0.05, 0.1) is 97.0 Å². The Morgan fingerprint density at radius 1 is 0.431 bits per heavy atom. The van der Waals surface area contributed by atoms with E-state index in [4.69, 9.17) is 14.7 Å². The Hall–Kier alpha value is -9.92. The van der Waals surface area contributed by atoms with Crippen molar-refractivity contribution in [2.24, 2.45) is 0 Å². The first-order valence-corrected chi connectivity index (χ1v) is 24.3. The minimum absolute atomic E-state index is 0.554. The number of ether oxygens (including phenoxy) is 1. The summed E-state index contributed by atoms with van der Waals surface area (Å²) >= 11 is 1.56. The molecule has 0 N–H and O–H groups in total. The van der Waals surface area contributed by atoms with Crippen molar-refractivity contribution in [3.05, 3.63) is 233 Å². The van der Waals surface area contributed by atoms with E-state index in [9.17, 15) is 15.8 Å². The highest BCUT2D eigenvalue weighted by molar-refractivity contribution is 7.99. The molecule has 8 aromatic carbocycles. The fourth-order valence-electron chi connectivity index (χ4n) is 11.8. The van der Waals surface area contributed by atoms with Gasteiger partial charge in [0.1, 0.15) is 11.5 Å². The Morgan fingerprint density at radius 2 is 1.00 bits per heavy atom. The maximum atomic E-state index is 10.2. The van der Waals surface area contributed by atoms with E-state index in [2.05, 4.69) is 141 Å². The predicted molar refractivity (Wildman–Crippen MR) is 281 cm³/mol. The summed E-state index contributed by atoms with van der Waals surface area (Å²) in [5.74, 6) is 1.46. The van der Waals surface area contributed by atoms with Crippen LogP contribution in [-0.2, 0) is 5.41 Å². The van der Waals surface area contributed by atoms with Gasteiger partial charge in [0, 0.05) is 71.7 Å². The molecular formula is C62H32N8OS. The number of nitriles is 3. The fraction of sp³-hybridized carbons (Fsp3) is 0.0161. The zero-order valence-electron chi connectivity index (χ0n) is 37.9. The van der Waals surface area contributed by atoms with Crippen LogP contribution in [0.3, 0.4) is 0 Å². The van der Waals surface area contributed by atoms with Gasteiger partial charge in [-0.25, -0.2) is 0 Å². The Labute approximate surface area is 415 Å². The van der Waals surface area contributed by atoms with Gasteiger partial charge in [-0.3, -0.25) is 9.97 Å². The van der Waals surface area contributed by atoms with Crippen LogP contribution in [0.25, 0.3) is 66.4 Å². The maximum absolute atomic E-state index is 10.2. The van der Waals surface area contributed by atoms with Crippen LogP contribution in [0.15, 0.2) is 204 Å². The molecule has 72 heavy (non-hydrogen) atoms. The molecule has 0 saturated carbocycles. The molecule has 332 valence electrons. The van der Waals surface area contributed by atoms with Gasteiger partial charge in [0.15, 0.2) is 0 Å². The molecule has 6 heterocycles. The van der Waals surface area contributed by atoms with E-state index in [0.717, 1.165) is 110 Å². The van der Waals surface area contributed by atoms with Crippen molar-refractivity contribution in [2.45, 2.75) is 15.2 Å². The number of anilines is 3. The summed E-state index contributed by atoms with van der Waals surface area (Å²) in [6.45, 7) is 0. The van der Waals surface area contributed by atoms with Crippen LogP contribution in [0.2, 0.25) is 0 Å². The highest BCUT2D eigenvalue weighted by atomic mass is 32.2. The van der Waals surface area contributed by atoms with Crippen LogP contribution >= 0.6 is 11.8 Å². The Morgan fingerprint density at radius 3 is 1.74 bits per heavy atom. The molecule has 0 fully saturated rings. The molecule has 0 radical (unpaired) electrons. The number of para-hydroxylation sites is 3. The average Bonchev–Trinajstić information content (AvgIpc) is 4.05. The third-order valence-corrected chi connectivity index (χ3v) is 15.8. The van der Waals surface area contributed by atoms with Crippen LogP contribution in [-0.4, -0.2) is 19.1 Å². The summed E-state index contributed by atoms with van der Waals surface area (Å²) < 4.78 is 11.6. The molecule has 2 aliphatic heterocycles. The summed E-state index contributed by atoms with van der Waals surface area (Å²) in [4.78, 5) is 14.4. The van der Waals surface area contributed by atoms with E-state index < -0.39 is 5.41 Å². The van der Waals surface area contributed by atoms with Gasteiger partial charge in [-0.15, -0.1) is 0 Å². The molecule has 9 nitrogen and oxygen atoms in total. The minimum Gasteiger partial charge on any atom is -0.457 e. The van der Waals surface area contributed by atoms with Crippen molar-refractivity contribution in [3.8, 4) is 52.5 Å². The number of hydrogen-bond donors (Lipinski definition) is 0. The van der Waals surface area contributed by atoms with E-state index in [1.165, 1.54) is 10.8 Å². The van der Waals surface area contributed by atoms with Crippen LogP contribution in [0.1, 0.15) is 38.9 Å². The van der Waals surface area contributed by atoms with Crippen molar-refractivity contribution in [3.63, 3.8) is 0 Å². The van der Waals surface area contributed by atoms with Gasteiger partial charge in [-0.2, -0.15) is 15.8 Å². The van der Waals surface area contributed by atoms with Crippen molar-refractivity contribution < 1.29 is 4.74 Å². The second-order valence-corrected chi connectivity index (χ2v) is 19.4. The first-order chi connectivity index (χ1) is 35.5. The zero-order valence-corrected chi connectivity index (χ0v) is 38.7. The molecule has 4 aromatic heterocycles. The van der Waals surface area contributed by atoms with Crippen molar-refractivity contribution >= 4 is 72.4 Å². The topological polar surface area (TPSA) is 119 Å². The van der Waals surface area contributed by atoms with Crippen LogP contribution in [0.5, 0.6) is 11.5 Å². The van der Waals surface area contributed by atoms with Gasteiger partial charge in [0.2, 0.25) is 0 Å². The Bertz CT molecular complexity index is 4430. The second kappa shape index (κ2) is 14.8. The van der Waals surface area contributed by atoms with Crippen molar-refractivity contribution in [2.75, 3.05) is 4.90 Å². The van der Waals surface area contributed by atoms with Gasteiger partial charge < -0.3 is 18.8 Å². The van der Waals surface area contributed by atoms with E-state index in [0.29, 0.717) is 22.4 Å². The molecule has 1 atom stereocenters. The predicted octanol–water partition coefficient (Wildman–Crippen LogP) is 14.7. The van der Waals surface area contributed by atoms with E-state index in [1.54, 1.807) is 11.8 Å². The van der Waals surface area contributed by atoms with E-state index in [-0.39, 0.29) is 0 Å². The molecule has 0 bridgehead atoms. The lowest BCUT2D eigenvalue weighted by Crippen LogP contribution is -2.32. The maximum Gasteiger partial charge on any atom is 0.134 e. The Balaban J connectivity index is 0.945. The smallest absolute Gasteiger partial charge is 0.134 e. The first kappa shape index (κ1) is 40.0. The van der Waals surface area contributed by atoms with Gasteiger partial charge in [0.25, 0.3) is 0 Å². The molecule has 0 amide bonds. The van der Waals surface area contributed by atoms with Crippen LogP contribution in [0.4, 0.5) is 17.1 Å². The van der Waals surface area contributed by atoms with Gasteiger partial charge in [-0.1, -0.05) is 78.5 Å². The monoisotopic (exact) mass is 936 g/mol. The fourth-order valence-corrected chi connectivity index (χ4v) is 12.9. The van der Waals surface area contributed by atoms with Crippen LogP contribution < -0.4 is 9.64 Å². The highest BCUT2D eigenvalue weighted by Crippen LogP contribution is 2.62. The molecule has 10 heteroatoms. The molecule has 1 aliphatic carbocycles. The lowest BCUT2D eigenvalue weighted by molar-refractivity contribution is 0.436. The number of nitrogens with zero attached hydrogens (tertiary/aromatic N) is 8. The molecule has 1 unspecified atom stereocenters. The van der Waals surface area contributed by atoms with E-state index in [1.807, 2.05) is 85.2 Å². The molecule has 12 aromatic rings. The van der Waals surface area contributed by atoms with Crippen molar-refractivity contribution in [1.29, 1.82) is 15.8 Å². The molecular weight excluding hydrogens is 905 g/mol. The molecule has 3 aliphatic rings. The summed E-state index contributed by atoms with van der Waals surface area (Å²) in [5.41, 5.74) is 15.3. The SMILES string of the molecule is N#Cc1ccc2c(c1)Sc1cc(C#N)ccc1N2c1ccc2c(c1)c1cc(C#N)ccc1n2-c1ccc2c(c1)Oc1ccccc1C21c2cccnc2-c2ncc(-n3c4ccccc4c4ccccc43)cc21. The number of aromatic nitrogens is 4. The van der Waals surface area contributed by atoms with Gasteiger partial charge >= 0.3 is 0 Å². The first-order valence-electron chi connectivity index (χ1n) is 23.5. The largest absolute Gasteiger partial charge is 0.457 e. The second-order valence-electron chi connectivity index (χ2n) is 18.3. The van der Waals surface area contributed by atoms with Crippen molar-refractivity contribution in [1.82, 2.24) is 19.1 Å². The number of pyridine rings is 2. The third-order valence-electron chi connectivity index (χ3n) is 14.7. The normalized spacial score (nSPS) is 14.7. The molecule has 0 saturated heterocycles. The van der Waals surface area contributed by atoms with Gasteiger partial charge in [-0.05, 0) is 115 Å². The Kier molecular flexibility index (Phi) is 8.22. The molecule has 15 rings (SSSR count). The average molecular weight is 937 g/mol. The third kappa shape index (κ3) is 5.34. The summed E-state index contributed by atoms with van der Waals surface area (Å²) in [5, 5.41) is 34.2. The zero-order chi connectivity index (χ0) is 47.8. The summed E-state index contributed by atoms with van der Waals surface area (Å²) in [7, 11) is 0. The number of fused-ring (bicyclic) bond motifs is 17. The quantitative estimate of drug-likeness (QED) is 0.172. The minimum atomic E-state index is -0.831. The van der Waals surface area contributed by atoms with E-state index >= 15 is 0 Å². The summed E-state index contributed by atoms with van der Waals surface area (Å²) in [6, 6.07) is 69.1. The number of benzene rings is 8. The lowest BCUT2D eigenvalue weighted by Gasteiger charge is -2.39. The standard InChI is InChI=1S/C62H32N8OS/c63-32-36-15-21-52-44(26-36)45-29-39(69-54-22-16-37(33-64)27-58(54)72-59-28-38(34-65)17-23-55(59)69)19-24-53(45)68(52)40-18-20-47-57(31-40)71-56-14-6-3-10-46(56)62(47)48-11-7-25-66-60(48)61-49(62)30-41(35-67-61)70-50-12-4-1-8-42(50)43-9-2-5-13-51(43)70/h1-31,35H. The lowest BCUT2D eigenvalue weighted by atomic mass is 9.66. The summed E-state index contributed by atoms with van der Waals surface area (Å²) in [6.07, 6.45) is 3.83. The molecule has 1 spiro atoms. The number of hydrogen-bond acceptors (Lipinski definition) is 8. The highest BCUT2D eigenvalue weighted by Gasteiger charge is 2.52. The van der Waals surface area contributed by atoms with Crippen LogP contribution in [0, 0.1) is 34.0 Å².